The molecule has 0 aromatic heterocycles. The molecule has 19 heavy (non-hydrogen) atoms. The van der Waals surface area contributed by atoms with Crippen LogP contribution in [0.25, 0.3) is 0 Å². The van der Waals surface area contributed by atoms with Crippen molar-refractivity contribution in [1.29, 1.82) is 0 Å². The summed E-state index contributed by atoms with van der Waals surface area (Å²) >= 11 is 0. The summed E-state index contributed by atoms with van der Waals surface area (Å²) in [5.41, 5.74) is 0.338. The lowest BCUT2D eigenvalue weighted by atomic mass is 10.2. The predicted molar refractivity (Wildman–Crippen MR) is 67.3 cm³/mol. The highest BCUT2D eigenvalue weighted by Crippen LogP contribution is 2.31. The predicted octanol–water partition coefficient (Wildman–Crippen LogP) is 3.21. The van der Waals surface area contributed by atoms with E-state index in [1.54, 1.807) is 12.1 Å². The van der Waals surface area contributed by atoms with Crippen LogP contribution in [0, 0.1) is 0 Å². The molecule has 0 radical (unpaired) electrons. The van der Waals surface area contributed by atoms with Crippen molar-refractivity contribution in [2.45, 2.75) is 0 Å². The van der Waals surface area contributed by atoms with E-state index in [1.807, 2.05) is 0 Å². The van der Waals surface area contributed by atoms with Crippen molar-refractivity contribution in [2.24, 2.45) is 10.2 Å². The molecule has 2 aromatic carbocycles. The minimum absolute atomic E-state index is 0.0181. The van der Waals surface area contributed by atoms with Gasteiger partial charge in [-0.05, 0) is 24.3 Å². The maximum Gasteiger partial charge on any atom is 0.337 e. The molecule has 6 nitrogen and oxygen atoms in total. The molecule has 0 amide bonds. The van der Waals surface area contributed by atoms with Crippen LogP contribution in [0.15, 0.2) is 52.7 Å². The maximum atomic E-state index is 11.0. The van der Waals surface area contributed by atoms with E-state index in [9.17, 15) is 9.90 Å². The fourth-order valence-corrected chi connectivity index (χ4v) is 1.45. The number of phenolic OH excluding ortho intramolecular Hbond substituents is 2. The zero-order valence-electron chi connectivity index (χ0n) is 9.69. The van der Waals surface area contributed by atoms with E-state index < -0.39 is 5.97 Å². The van der Waals surface area contributed by atoms with E-state index >= 15 is 0 Å². The number of benzene rings is 2. The SMILES string of the molecule is O=C(O)c1ccccc1N=Nc1ccc(O)cc1O. The summed E-state index contributed by atoms with van der Waals surface area (Å²) in [5.74, 6) is -1.44. The Balaban J connectivity index is 2.35. The molecule has 0 saturated carbocycles. The molecule has 0 heterocycles. The van der Waals surface area contributed by atoms with E-state index in [2.05, 4.69) is 10.2 Å². The first-order valence-electron chi connectivity index (χ1n) is 5.34. The second-order valence-corrected chi connectivity index (χ2v) is 3.70. The number of azo groups is 1. The number of carboxylic acid groups (broad SMARTS) is 1. The number of rotatable bonds is 3. The Morgan fingerprint density at radius 1 is 0.947 bits per heavy atom. The zero-order chi connectivity index (χ0) is 13.8. The monoisotopic (exact) mass is 258 g/mol. The standard InChI is InChI=1S/C13H10N2O4/c16-8-5-6-11(12(17)7-8)15-14-10-4-2-1-3-9(10)13(18)19/h1-7,16-17H,(H,18,19). The van der Waals surface area contributed by atoms with E-state index in [-0.39, 0.29) is 28.4 Å². The minimum atomic E-state index is -1.11. The molecule has 6 heteroatoms. The van der Waals surface area contributed by atoms with Crippen molar-refractivity contribution >= 4 is 17.3 Å². The highest BCUT2D eigenvalue weighted by Gasteiger charge is 2.08. The number of aromatic hydroxyl groups is 2. The van der Waals surface area contributed by atoms with Gasteiger partial charge in [0.15, 0.2) is 0 Å². The molecule has 0 atom stereocenters. The molecule has 2 rings (SSSR count). The van der Waals surface area contributed by atoms with Gasteiger partial charge in [0, 0.05) is 6.07 Å². The topological polar surface area (TPSA) is 102 Å². The molecule has 2 aromatic rings. The van der Waals surface area contributed by atoms with Crippen LogP contribution in [-0.2, 0) is 0 Å². The van der Waals surface area contributed by atoms with Crippen molar-refractivity contribution in [3.8, 4) is 11.5 Å². The fourth-order valence-electron chi connectivity index (χ4n) is 1.45. The Bertz CT molecular complexity index is 653. The maximum absolute atomic E-state index is 11.0. The molecule has 0 unspecified atom stereocenters. The highest BCUT2D eigenvalue weighted by atomic mass is 16.4. The summed E-state index contributed by atoms with van der Waals surface area (Å²) in [6.45, 7) is 0. The highest BCUT2D eigenvalue weighted by molar-refractivity contribution is 5.93. The third kappa shape index (κ3) is 2.86. The van der Waals surface area contributed by atoms with Crippen molar-refractivity contribution in [1.82, 2.24) is 0 Å². The number of carbonyl (C=O) groups is 1. The Labute approximate surface area is 108 Å². The second-order valence-electron chi connectivity index (χ2n) is 3.70. The van der Waals surface area contributed by atoms with E-state index in [0.29, 0.717) is 0 Å². The van der Waals surface area contributed by atoms with Crippen LogP contribution in [0.3, 0.4) is 0 Å². The average Bonchev–Trinajstić information content (AvgIpc) is 2.38. The molecule has 0 bridgehead atoms. The lowest BCUT2D eigenvalue weighted by molar-refractivity contribution is 0.0697. The van der Waals surface area contributed by atoms with Gasteiger partial charge in [-0.3, -0.25) is 0 Å². The summed E-state index contributed by atoms with van der Waals surface area (Å²) < 4.78 is 0. The number of phenols is 2. The minimum Gasteiger partial charge on any atom is -0.508 e. The van der Waals surface area contributed by atoms with Crippen LogP contribution in [0.2, 0.25) is 0 Å². The van der Waals surface area contributed by atoms with Crippen LogP contribution in [0.1, 0.15) is 10.4 Å². The Morgan fingerprint density at radius 3 is 2.32 bits per heavy atom. The first-order chi connectivity index (χ1) is 9.08. The molecular weight excluding hydrogens is 248 g/mol. The van der Waals surface area contributed by atoms with Crippen LogP contribution in [0.4, 0.5) is 11.4 Å². The van der Waals surface area contributed by atoms with Crippen molar-refractivity contribution < 1.29 is 20.1 Å². The number of aromatic carboxylic acids is 1. The molecule has 96 valence electrons. The fraction of sp³-hybridized carbons (Fsp3) is 0. The van der Waals surface area contributed by atoms with Crippen LogP contribution < -0.4 is 0 Å². The van der Waals surface area contributed by atoms with Gasteiger partial charge in [-0.25, -0.2) is 4.79 Å². The van der Waals surface area contributed by atoms with Gasteiger partial charge in [0.05, 0.1) is 5.56 Å². The molecule has 0 saturated heterocycles. The summed E-state index contributed by atoms with van der Waals surface area (Å²) in [7, 11) is 0. The summed E-state index contributed by atoms with van der Waals surface area (Å²) in [6.07, 6.45) is 0. The number of hydrogen-bond acceptors (Lipinski definition) is 5. The zero-order valence-corrected chi connectivity index (χ0v) is 9.69. The van der Waals surface area contributed by atoms with Crippen molar-refractivity contribution in [2.75, 3.05) is 0 Å². The lowest BCUT2D eigenvalue weighted by Gasteiger charge is -2.00. The van der Waals surface area contributed by atoms with Crippen LogP contribution in [-0.4, -0.2) is 21.3 Å². The first kappa shape index (κ1) is 12.6. The second kappa shape index (κ2) is 5.18. The normalized spacial score (nSPS) is 10.7. The lowest BCUT2D eigenvalue weighted by Crippen LogP contribution is -1.95. The van der Waals surface area contributed by atoms with Crippen molar-refractivity contribution in [3.63, 3.8) is 0 Å². The van der Waals surface area contributed by atoms with Gasteiger partial charge >= 0.3 is 5.97 Å². The van der Waals surface area contributed by atoms with Gasteiger partial charge in [-0.1, -0.05) is 12.1 Å². The molecule has 0 aliphatic carbocycles. The smallest absolute Gasteiger partial charge is 0.337 e. The molecular formula is C13H10N2O4. The van der Waals surface area contributed by atoms with Gasteiger partial charge in [-0.15, -0.1) is 10.2 Å². The molecule has 3 N–H and O–H groups in total. The quantitative estimate of drug-likeness (QED) is 0.735. The molecule has 0 aliphatic heterocycles. The average molecular weight is 258 g/mol. The van der Waals surface area contributed by atoms with Gasteiger partial charge in [-0.2, -0.15) is 0 Å². The first-order valence-corrected chi connectivity index (χ1v) is 5.34. The van der Waals surface area contributed by atoms with E-state index in [0.717, 1.165) is 6.07 Å². The third-order valence-electron chi connectivity index (χ3n) is 2.36. The number of carboxylic acids is 1. The van der Waals surface area contributed by atoms with Gasteiger partial charge < -0.3 is 15.3 Å². The summed E-state index contributed by atoms with van der Waals surface area (Å²) in [6, 6.07) is 9.97. The Hall–Kier alpha value is -2.89. The van der Waals surface area contributed by atoms with E-state index in [1.165, 1.54) is 24.3 Å². The third-order valence-corrected chi connectivity index (χ3v) is 2.36. The molecule has 0 aliphatic rings. The largest absolute Gasteiger partial charge is 0.508 e. The Kier molecular flexibility index (Phi) is 3.42. The van der Waals surface area contributed by atoms with Crippen LogP contribution in [0.5, 0.6) is 11.5 Å². The Morgan fingerprint density at radius 2 is 1.63 bits per heavy atom. The van der Waals surface area contributed by atoms with Crippen LogP contribution >= 0.6 is 0 Å². The summed E-state index contributed by atoms with van der Waals surface area (Å²) in [4.78, 5) is 11.0. The van der Waals surface area contributed by atoms with Crippen molar-refractivity contribution in [3.05, 3.63) is 48.0 Å². The number of nitrogens with zero attached hydrogens (tertiary/aromatic N) is 2. The van der Waals surface area contributed by atoms with Gasteiger partial charge in [0.25, 0.3) is 0 Å². The number of hydrogen-bond donors (Lipinski definition) is 3. The molecule has 0 spiro atoms. The van der Waals surface area contributed by atoms with E-state index in [4.69, 9.17) is 10.2 Å². The van der Waals surface area contributed by atoms with Gasteiger partial charge in [0.1, 0.15) is 22.9 Å². The molecule has 0 fully saturated rings. The van der Waals surface area contributed by atoms with Gasteiger partial charge in [0.2, 0.25) is 0 Å². The summed E-state index contributed by atoms with van der Waals surface area (Å²) in [5, 5.41) is 35.2.